The summed E-state index contributed by atoms with van der Waals surface area (Å²) in [5, 5.41) is 14.1. The van der Waals surface area contributed by atoms with Crippen LogP contribution < -0.4 is 15.0 Å². The Labute approximate surface area is 148 Å². The van der Waals surface area contributed by atoms with Crippen LogP contribution in [0.5, 0.6) is 11.5 Å². The van der Waals surface area contributed by atoms with E-state index in [9.17, 15) is 4.79 Å². The number of nitrogens with zero attached hydrogens (tertiary/aromatic N) is 2. The van der Waals surface area contributed by atoms with E-state index in [1.54, 1.807) is 49.6 Å². The van der Waals surface area contributed by atoms with Crippen LogP contribution in [0.15, 0.2) is 57.5 Å². The number of hydrogen-bond donors (Lipinski definition) is 2. The van der Waals surface area contributed by atoms with Gasteiger partial charge in [-0.3, -0.25) is 15.0 Å². The topological polar surface area (TPSA) is 91.8 Å². The molecule has 0 aliphatic heterocycles. The number of rotatable bonds is 5. The molecule has 0 saturated carbocycles. The van der Waals surface area contributed by atoms with E-state index < -0.39 is 0 Å². The van der Waals surface area contributed by atoms with Crippen LogP contribution in [0.3, 0.4) is 0 Å². The van der Waals surface area contributed by atoms with E-state index in [4.69, 9.17) is 21.1 Å². The molecule has 128 valence electrons. The molecule has 0 aliphatic carbocycles. The Morgan fingerprint density at radius 1 is 0.920 bits per heavy atom. The van der Waals surface area contributed by atoms with Gasteiger partial charge in [-0.1, -0.05) is 23.7 Å². The lowest BCUT2D eigenvalue weighted by Gasteiger charge is -2.06. The van der Waals surface area contributed by atoms with Crippen LogP contribution >= 0.6 is 11.6 Å². The summed E-state index contributed by atoms with van der Waals surface area (Å²) in [6, 6.07) is 12.1. The Bertz CT molecular complexity index is 961. The number of hydrogen-bond acceptors (Lipinski definition) is 5. The van der Waals surface area contributed by atoms with E-state index in [1.165, 1.54) is 7.11 Å². The van der Waals surface area contributed by atoms with Crippen molar-refractivity contribution in [3.05, 3.63) is 57.8 Å². The van der Waals surface area contributed by atoms with Gasteiger partial charge in [0.25, 0.3) is 5.56 Å². The van der Waals surface area contributed by atoms with E-state index in [-0.39, 0.29) is 11.2 Å². The second kappa shape index (κ2) is 7.23. The molecule has 7 nitrogen and oxygen atoms in total. The minimum absolute atomic E-state index is 0.178. The third-order valence-electron chi connectivity index (χ3n) is 3.52. The number of nitrogens with one attached hydrogen (secondary N) is 2. The minimum Gasteiger partial charge on any atom is -0.493 e. The molecule has 3 aromatic rings. The SMILES string of the molecule is COc1ccc(N=Nc2c(-c3ccc(Cl)cc3)[nH][nH]c2=O)cc1OC. The zero-order chi connectivity index (χ0) is 17.8. The minimum atomic E-state index is -0.367. The first-order valence-electron chi connectivity index (χ1n) is 7.32. The Morgan fingerprint density at radius 3 is 2.32 bits per heavy atom. The molecule has 0 radical (unpaired) electrons. The Kier molecular flexibility index (Phi) is 4.85. The highest BCUT2D eigenvalue weighted by atomic mass is 35.5. The van der Waals surface area contributed by atoms with Crippen LogP contribution in [0.25, 0.3) is 11.3 Å². The zero-order valence-electron chi connectivity index (χ0n) is 13.5. The van der Waals surface area contributed by atoms with Crippen molar-refractivity contribution in [3.8, 4) is 22.8 Å². The second-order valence-electron chi connectivity index (χ2n) is 5.05. The normalized spacial score (nSPS) is 11.0. The summed E-state index contributed by atoms with van der Waals surface area (Å²) in [5.74, 6) is 1.11. The summed E-state index contributed by atoms with van der Waals surface area (Å²) in [6.45, 7) is 0. The van der Waals surface area contributed by atoms with Gasteiger partial charge < -0.3 is 9.47 Å². The van der Waals surface area contributed by atoms with E-state index in [1.807, 2.05) is 0 Å². The van der Waals surface area contributed by atoms with Crippen LogP contribution in [-0.4, -0.2) is 24.4 Å². The summed E-state index contributed by atoms with van der Waals surface area (Å²) in [6.07, 6.45) is 0. The van der Waals surface area contributed by atoms with E-state index in [2.05, 4.69) is 20.4 Å². The summed E-state index contributed by atoms with van der Waals surface area (Å²) >= 11 is 5.89. The highest BCUT2D eigenvalue weighted by Gasteiger charge is 2.12. The second-order valence-corrected chi connectivity index (χ2v) is 5.49. The Hall–Kier alpha value is -3.06. The van der Waals surface area contributed by atoms with Crippen molar-refractivity contribution in [1.29, 1.82) is 0 Å². The molecule has 0 bridgehead atoms. The molecule has 25 heavy (non-hydrogen) atoms. The molecule has 3 rings (SSSR count). The van der Waals surface area contributed by atoms with Crippen LogP contribution in [0.2, 0.25) is 5.02 Å². The number of H-pyrrole nitrogens is 2. The molecule has 0 spiro atoms. The van der Waals surface area contributed by atoms with Gasteiger partial charge in [-0.05, 0) is 24.3 Å². The van der Waals surface area contributed by atoms with Gasteiger partial charge in [-0.15, -0.1) is 5.11 Å². The highest BCUT2D eigenvalue weighted by molar-refractivity contribution is 6.30. The van der Waals surface area contributed by atoms with Gasteiger partial charge in [-0.2, -0.15) is 5.11 Å². The monoisotopic (exact) mass is 358 g/mol. The van der Waals surface area contributed by atoms with Gasteiger partial charge in [0.15, 0.2) is 17.2 Å². The van der Waals surface area contributed by atoms with Gasteiger partial charge in [0, 0.05) is 16.7 Å². The molecule has 0 atom stereocenters. The standard InChI is InChI=1S/C17H15ClN4O3/c1-24-13-8-7-12(9-14(13)25-2)19-21-16-15(20-22-17(16)23)10-3-5-11(18)6-4-10/h3-9H,1-2H3,(H2,20,22,23). The Balaban J connectivity index is 1.96. The number of benzene rings is 2. The molecular weight excluding hydrogens is 344 g/mol. The average Bonchev–Trinajstić information content (AvgIpc) is 3.01. The van der Waals surface area contributed by atoms with Gasteiger partial charge in [-0.25, -0.2) is 0 Å². The van der Waals surface area contributed by atoms with Crippen molar-refractivity contribution in [2.75, 3.05) is 14.2 Å². The molecule has 2 N–H and O–H groups in total. The fourth-order valence-corrected chi connectivity index (χ4v) is 2.39. The molecule has 0 fully saturated rings. The summed E-state index contributed by atoms with van der Waals surface area (Å²) < 4.78 is 10.4. The van der Waals surface area contributed by atoms with E-state index in [0.717, 1.165) is 5.56 Å². The van der Waals surface area contributed by atoms with Gasteiger partial charge >= 0.3 is 0 Å². The van der Waals surface area contributed by atoms with E-state index in [0.29, 0.717) is 27.9 Å². The summed E-state index contributed by atoms with van der Waals surface area (Å²) in [5.41, 5.74) is 1.64. The maximum Gasteiger partial charge on any atom is 0.292 e. The number of methoxy groups -OCH3 is 2. The third kappa shape index (κ3) is 3.56. The fourth-order valence-electron chi connectivity index (χ4n) is 2.27. The molecular formula is C17H15ClN4O3. The lowest BCUT2D eigenvalue weighted by Crippen LogP contribution is -1.96. The van der Waals surface area contributed by atoms with Crippen molar-refractivity contribution in [1.82, 2.24) is 10.2 Å². The molecule has 0 saturated heterocycles. The van der Waals surface area contributed by atoms with Crippen molar-refractivity contribution < 1.29 is 9.47 Å². The first-order chi connectivity index (χ1) is 12.1. The summed E-state index contributed by atoms with van der Waals surface area (Å²) in [4.78, 5) is 12.0. The molecule has 1 aromatic heterocycles. The van der Waals surface area contributed by atoms with Crippen LogP contribution in [0.4, 0.5) is 11.4 Å². The van der Waals surface area contributed by atoms with Gasteiger partial charge in [0.1, 0.15) is 0 Å². The average molecular weight is 359 g/mol. The van der Waals surface area contributed by atoms with Crippen LogP contribution in [-0.2, 0) is 0 Å². The molecule has 1 heterocycles. The lowest BCUT2D eigenvalue weighted by atomic mass is 10.1. The molecule has 0 aliphatic rings. The number of aromatic nitrogens is 2. The number of halogens is 1. The fraction of sp³-hybridized carbons (Fsp3) is 0.118. The summed E-state index contributed by atoms with van der Waals surface area (Å²) in [7, 11) is 3.09. The lowest BCUT2D eigenvalue weighted by molar-refractivity contribution is 0.355. The number of azo groups is 1. The first-order valence-corrected chi connectivity index (χ1v) is 7.70. The quantitative estimate of drug-likeness (QED) is 0.659. The highest BCUT2D eigenvalue weighted by Crippen LogP contribution is 2.32. The smallest absolute Gasteiger partial charge is 0.292 e. The molecule has 8 heteroatoms. The number of aromatic amines is 2. The maximum absolute atomic E-state index is 12.0. The van der Waals surface area contributed by atoms with E-state index >= 15 is 0 Å². The zero-order valence-corrected chi connectivity index (χ0v) is 14.3. The first kappa shape index (κ1) is 16.8. The molecule has 2 aromatic carbocycles. The van der Waals surface area contributed by atoms with Crippen LogP contribution in [0, 0.1) is 0 Å². The molecule has 0 amide bonds. The van der Waals surface area contributed by atoms with Crippen molar-refractivity contribution >= 4 is 23.0 Å². The predicted octanol–water partition coefficient (Wildman–Crippen LogP) is 4.46. The number of ether oxygens (including phenoxy) is 2. The van der Waals surface area contributed by atoms with Crippen molar-refractivity contribution in [2.24, 2.45) is 10.2 Å². The van der Waals surface area contributed by atoms with Gasteiger partial charge in [0.2, 0.25) is 0 Å². The third-order valence-corrected chi connectivity index (χ3v) is 3.77. The largest absolute Gasteiger partial charge is 0.493 e. The maximum atomic E-state index is 12.0. The van der Waals surface area contributed by atoms with Crippen molar-refractivity contribution in [3.63, 3.8) is 0 Å². The van der Waals surface area contributed by atoms with Crippen molar-refractivity contribution in [2.45, 2.75) is 0 Å². The van der Waals surface area contributed by atoms with Crippen LogP contribution in [0.1, 0.15) is 0 Å². The molecule has 0 unspecified atom stereocenters. The van der Waals surface area contributed by atoms with Gasteiger partial charge in [0.05, 0.1) is 25.6 Å². The predicted molar refractivity (Wildman–Crippen MR) is 95.6 cm³/mol. The Morgan fingerprint density at radius 2 is 1.64 bits per heavy atom.